The van der Waals surface area contributed by atoms with Crippen molar-refractivity contribution in [2.24, 2.45) is 0 Å². The lowest BCUT2D eigenvalue weighted by Gasteiger charge is -2.13. The van der Waals surface area contributed by atoms with Crippen molar-refractivity contribution < 1.29 is 9.32 Å². The Labute approximate surface area is 144 Å². The van der Waals surface area contributed by atoms with Crippen LogP contribution in [0.5, 0.6) is 0 Å². The minimum atomic E-state index is -0.387. The van der Waals surface area contributed by atoms with E-state index in [2.05, 4.69) is 25.8 Å². The molecule has 0 radical (unpaired) electrons. The SMILES string of the molecule is Cc1cc(NC(=O)c2ccnc(Nc3ccc(N(C)C)cc3)n2)no1. The molecular formula is C17H18N6O2. The molecule has 0 fully saturated rings. The normalized spacial score (nSPS) is 10.4. The van der Waals surface area contributed by atoms with Crippen LogP contribution in [0.15, 0.2) is 47.1 Å². The van der Waals surface area contributed by atoms with Gasteiger partial charge in [0.1, 0.15) is 11.5 Å². The van der Waals surface area contributed by atoms with E-state index >= 15 is 0 Å². The average molecular weight is 338 g/mol. The maximum Gasteiger partial charge on any atom is 0.275 e. The molecule has 128 valence electrons. The molecule has 0 aliphatic rings. The van der Waals surface area contributed by atoms with Crippen LogP contribution in [0.3, 0.4) is 0 Å². The zero-order chi connectivity index (χ0) is 17.8. The molecule has 8 heteroatoms. The Morgan fingerprint density at radius 2 is 1.92 bits per heavy atom. The highest BCUT2D eigenvalue weighted by atomic mass is 16.5. The van der Waals surface area contributed by atoms with Crippen molar-refractivity contribution in [3.63, 3.8) is 0 Å². The monoisotopic (exact) mass is 338 g/mol. The molecule has 3 rings (SSSR count). The number of nitrogens with zero attached hydrogens (tertiary/aromatic N) is 4. The number of rotatable bonds is 5. The number of carbonyl (C=O) groups is 1. The number of carbonyl (C=O) groups excluding carboxylic acids is 1. The molecule has 1 aromatic carbocycles. The molecule has 0 saturated carbocycles. The van der Waals surface area contributed by atoms with Gasteiger partial charge in [-0.1, -0.05) is 5.16 Å². The van der Waals surface area contributed by atoms with Crippen LogP contribution in [-0.4, -0.2) is 35.1 Å². The number of benzene rings is 1. The van der Waals surface area contributed by atoms with Gasteiger partial charge >= 0.3 is 0 Å². The largest absolute Gasteiger partial charge is 0.378 e. The number of hydrogen-bond donors (Lipinski definition) is 2. The second-order valence-electron chi connectivity index (χ2n) is 5.61. The first-order valence-corrected chi connectivity index (χ1v) is 7.63. The molecule has 0 aliphatic heterocycles. The first kappa shape index (κ1) is 16.4. The highest BCUT2D eigenvalue weighted by Crippen LogP contribution is 2.18. The summed E-state index contributed by atoms with van der Waals surface area (Å²) in [6.07, 6.45) is 1.52. The van der Waals surface area contributed by atoms with Crippen LogP contribution >= 0.6 is 0 Å². The average Bonchev–Trinajstić information content (AvgIpc) is 3.00. The van der Waals surface area contributed by atoms with Crippen molar-refractivity contribution in [1.82, 2.24) is 15.1 Å². The second kappa shape index (κ2) is 7.00. The molecule has 2 aromatic heterocycles. The van der Waals surface area contributed by atoms with E-state index in [1.54, 1.807) is 13.0 Å². The Kier molecular flexibility index (Phi) is 4.60. The highest BCUT2D eigenvalue weighted by Gasteiger charge is 2.11. The summed E-state index contributed by atoms with van der Waals surface area (Å²) in [5.74, 6) is 0.903. The Balaban J connectivity index is 1.71. The van der Waals surface area contributed by atoms with E-state index in [0.29, 0.717) is 17.5 Å². The molecule has 1 amide bonds. The van der Waals surface area contributed by atoms with Gasteiger partial charge in [-0.25, -0.2) is 9.97 Å². The van der Waals surface area contributed by atoms with Crippen LogP contribution in [0.4, 0.5) is 23.1 Å². The van der Waals surface area contributed by atoms with E-state index in [0.717, 1.165) is 11.4 Å². The van der Waals surface area contributed by atoms with E-state index in [1.807, 2.05) is 43.3 Å². The maximum atomic E-state index is 12.2. The van der Waals surface area contributed by atoms with Gasteiger partial charge in [0, 0.05) is 37.7 Å². The molecule has 0 spiro atoms. The topological polar surface area (TPSA) is 96.2 Å². The summed E-state index contributed by atoms with van der Waals surface area (Å²) in [7, 11) is 3.95. The Morgan fingerprint density at radius 3 is 2.56 bits per heavy atom. The third kappa shape index (κ3) is 4.11. The van der Waals surface area contributed by atoms with Gasteiger partial charge in [0.05, 0.1) is 0 Å². The van der Waals surface area contributed by atoms with Crippen molar-refractivity contribution in [3.8, 4) is 0 Å². The molecule has 25 heavy (non-hydrogen) atoms. The molecule has 3 aromatic rings. The summed E-state index contributed by atoms with van der Waals surface area (Å²) in [5, 5.41) is 9.42. The van der Waals surface area contributed by atoms with Gasteiger partial charge in [-0.2, -0.15) is 0 Å². The highest BCUT2D eigenvalue weighted by molar-refractivity contribution is 6.02. The van der Waals surface area contributed by atoms with Crippen molar-refractivity contribution >= 4 is 29.0 Å². The van der Waals surface area contributed by atoms with E-state index in [1.165, 1.54) is 12.3 Å². The first-order chi connectivity index (χ1) is 12.0. The summed E-state index contributed by atoms with van der Waals surface area (Å²) in [4.78, 5) is 22.6. The number of anilines is 4. The van der Waals surface area contributed by atoms with Crippen LogP contribution in [0.25, 0.3) is 0 Å². The number of hydrogen-bond acceptors (Lipinski definition) is 7. The van der Waals surface area contributed by atoms with Gasteiger partial charge < -0.3 is 20.1 Å². The molecule has 0 atom stereocenters. The lowest BCUT2D eigenvalue weighted by atomic mass is 10.2. The summed E-state index contributed by atoms with van der Waals surface area (Å²) in [6.45, 7) is 1.75. The quantitative estimate of drug-likeness (QED) is 0.738. The molecule has 0 aliphatic carbocycles. The number of aryl methyl sites for hydroxylation is 1. The summed E-state index contributed by atoms with van der Waals surface area (Å²) in [5.41, 5.74) is 2.14. The first-order valence-electron chi connectivity index (χ1n) is 7.63. The van der Waals surface area contributed by atoms with Crippen LogP contribution in [0.2, 0.25) is 0 Å². The summed E-state index contributed by atoms with van der Waals surface area (Å²) < 4.78 is 4.92. The number of aromatic nitrogens is 3. The van der Waals surface area contributed by atoms with Gasteiger partial charge in [-0.3, -0.25) is 4.79 Å². The second-order valence-corrected chi connectivity index (χ2v) is 5.61. The summed E-state index contributed by atoms with van der Waals surface area (Å²) >= 11 is 0. The number of amides is 1. The van der Waals surface area contributed by atoms with Gasteiger partial charge in [-0.15, -0.1) is 0 Å². The van der Waals surface area contributed by atoms with Gasteiger partial charge in [0.2, 0.25) is 5.95 Å². The van der Waals surface area contributed by atoms with Crippen molar-refractivity contribution in [2.75, 3.05) is 29.6 Å². The zero-order valence-electron chi connectivity index (χ0n) is 14.1. The van der Waals surface area contributed by atoms with Crippen LogP contribution in [0.1, 0.15) is 16.2 Å². The lowest BCUT2D eigenvalue weighted by Crippen LogP contribution is -2.15. The fourth-order valence-corrected chi connectivity index (χ4v) is 2.12. The molecule has 0 saturated heterocycles. The predicted molar refractivity (Wildman–Crippen MR) is 95.3 cm³/mol. The zero-order valence-corrected chi connectivity index (χ0v) is 14.1. The molecule has 0 bridgehead atoms. The minimum Gasteiger partial charge on any atom is -0.378 e. The molecule has 2 heterocycles. The van der Waals surface area contributed by atoms with Gasteiger partial charge in [0.25, 0.3) is 5.91 Å². The minimum absolute atomic E-state index is 0.225. The van der Waals surface area contributed by atoms with E-state index in [-0.39, 0.29) is 11.6 Å². The third-order valence-electron chi connectivity index (χ3n) is 3.40. The molecule has 0 unspecified atom stereocenters. The molecule has 8 nitrogen and oxygen atoms in total. The Bertz CT molecular complexity index is 873. The van der Waals surface area contributed by atoms with Gasteiger partial charge in [0.15, 0.2) is 5.82 Å². The van der Waals surface area contributed by atoms with Gasteiger partial charge in [-0.05, 0) is 37.3 Å². The van der Waals surface area contributed by atoms with Crippen LogP contribution in [0, 0.1) is 6.92 Å². The fraction of sp³-hybridized carbons (Fsp3) is 0.176. The maximum absolute atomic E-state index is 12.2. The van der Waals surface area contributed by atoms with Crippen molar-refractivity contribution in [3.05, 3.63) is 54.0 Å². The smallest absolute Gasteiger partial charge is 0.275 e. The third-order valence-corrected chi connectivity index (χ3v) is 3.40. The van der Waals surface area contributed by atoms with Crippen molar-refractivity contribution in [2.45, 2.75) is 6.92 Å². The van der Waals surface area contributed by atoms with Crippen molar-refractivity contribution in [1.29, 1.82) is 0 Å². The molecule has 2 N–H and O–H groups in total. The Morgan fingerprint density at radius 1 is 1.16 bits per heavy atom. The van der Waals surface area contributed by atoms with E-state index in [4.69, 9.17) is 4.52 Å². The predicted octanol–water partition coefficient (Wildman–Crippen LogP) is 2.83. The van der Waals surface area contributed by atoms with E-state index in [9.17, 15) is 4.79 Å². The fourth-order valence-electron chi connectivity index (χ4n) is 2.12. The van der Waals surface area contributed by atoms with E-state index < -0.39 is 0 Å². The molecular weight excluding hydrogens is 320 g/mol. The standard InChI is InChI=1S/C17H18N6O2/c1-11-10-15(22-25-11)21-16(24)14-8-9-18-17(20-14)19-12-4-6-13(7-5-12)23(2)3/h4-10H,1-3H3,(H,18,19,20)(H,21,22,24). The van der Waals surface area contributed by atoms with Crippen LogP contribution in [-0.2, 0) is 0 Å². The van der Waals surface area contributed by atoms with Crippen LogP contribution < -0.4 is 15.5 Å². The summed E-state index contributed by atoms with van der Waals surface area (Å²) in [6, 6.07) is 11.0. The lowest BCUT2D eigenvalue weighted by molar-refractivity contribution is 0.102. The number of nitrogens with one attached hydrogen (secondary N) is 2. The Hall–Kier alpha value is -3.42.